The third-order valence-corrected chi connectivity index (χ3v) is 1.70. The topological polar surface area (TPSA) is 17.3 Å². The van der Waals surface area contributed by atoms with Crippen LogP contribution in [0.4, 0.5) is 0 Å². The summed E-state index contributed by atoms with van der Waals surface area (Å²) in [5.41, 5.74) is 1.89. The Morgan fingerprint density at radius 2 is 2.42 bits per heavy atom. The number of aromatic nitrogens is 2. The monoisotopic (exact) mass is 156 g/mol. The third kappa shape index (κ3) is 1.06. The van der Waals surface area contributed by atoms with Crippen molar-refractivity contribution < 1.29 is 0 Å². The van der Waals surface area contributed by atoms with Gasteiger partial charge in [0.15, 0.2) is 0 Å². The summed E-state index contributed by atoms with van der Waals surface area (Å²) < 4.78 is 1.96. The molecule has 58 valence electrons. The van der Waals surface area contributed by atoms with Gasteiger partial charge in [0.1, 0.15) is 5.65 Å². The van der Waals surface area contributed by atoms with E-state index in [0.29, 0.717) is 6.42 Å². The smallest absolute Gasteiger partial charge is 0.137 e. The summed E-state index contributed by atoms with van der Waals surface area (Å²) in [4.78, 5) is 4.32. The highest BCUT2D eigenvalue weighted by atomic mass is 15.0. The predicted octanol–water partition coefficient (Wildman–Crippen LogP) is 1.51. The second kappa shape index (κ2) is 2.71. The third-order valence-electron chi connectivity index (χ3n) is 1.70. The lowest BCUT2D eigenvalue weighted by Gasteiger charge is -1.86. The Hall–Kier alpha value is -1.75. The molecule has 0 spiro atoms. The van der Waals surface area contributed by atoms with Crippen molar-refractivity contribution in [3.8, 4) is 12.3 Å². The Morgan fingerprint density at radius 1 is 1.50 bits per heavy atom. The molecule has 2 aromatic rings. The zero-order valence-electron chi connectivity index (χ0n) is 6.57. The maximum Gasteiger partial charge on any atom is 0.137 e. The van der Waals surface area contributed by atoms with E-state index < -0.39 is 0 Å². The van der Waals surface area contributed by atoms with Gasteiger partial charge in [0.2, 0.25) is 0 Å². The highest BCUT2D eigenvalue weighted by Gasteiger charge is 1.97. The van der Waals surface area contributed by atoms with Crippen molar-refractivity contribution in [3.63, 3.8) is 0 Å². The van der Waals surface area contributed by atoms with Gasteiger partial charge in [-0.2, -0.15) is 0 Å². The average molecular weight is 156 g/mol. The molecule has 0 radical (unpaired) electrons. The number of rotatable bonds is 1. The normalized spacial score (nSPS) is 9.92. The SMILES string of the molecule is C#CCc1cn2ccccc2n1. The van der Waals surface area contributed by atoms with E-state index in [9.17, 15) is 0 Å². The molecule has 2 nitrogen and oxygen atoms in total. The van der Waals surface area contributed by atoms with Crippen molar-refractivity contribution in [2.24, 2.45) is 0 Å². The van der Waals surface area contributed by atoms with E-state index in [4.69, 9.17) is 6.42 Å². The maximum atomic E-state index is 5.18. The summed E-state index contributed by atoms with van der Waals surface area (Å²) in [6.45, 7) is 0. The van der Waals surface area contributed by atoms with Gasteiger partial charge in [-0.1, -0.05) is 6.07 Å². The molecule has 0 bridgehead atoms. The Bertz CT molecular complexity index is 401. The van der Waals surface area contributed by atoms with Gasteiger partial charge >= 0.3 is 0 Å². The van der Waals surface area contributed by atoms with Crippen LogP contribution in [0.5, 0.6) is 0 Å². The van der Waals surface area contributed by atoms with Crippen LogP contribution in [0.1, 0.15) is 5.69 Å². The molecule has 0 N–H and O–H groups in total. The Balaban J connectivity index is 2.56. The maximum absolute atomic E-state index is 5.18. The summed E-state index contributed by atoms with van der Waals surface area (Å²) in [7, 11) is 0. The number of fused-ring (bicyclic) bond motifs is 1. The molecule has 2 aromatic heterocycles. The average Bonchev–Trinajstić information content (AvgIpc) is 2.47. The van der Waals surface area contributed by atoms with Crippen LogP contribution in [0.25, 0.3) is 5.65 Å². The number of terminal acetylenes is 1. The molecule has 0 aliphatic heterocycles. The van der Waals surface area contributed by atoms with Crippen molar-refractivity contribution in [2.75, 3.05) is 0 Å². The fourth-order valence-electron chi connectivity index (χ4n) is 1.18. The number of hydrogen-bond donors (Lipinski definition) is 0. The summed E-state index contributed by atoms with van der Waals surface area (Å²) >= 11 is 0. The van der Waals surface area contributed by atoms with Gasteiger partial charge in [-0.25, -0.2) is 4.98 Å². The molecule has 0 aliphatic rings. The van der Waals surface area contributed by atoms with Gasteiger partial charge in [-0.15, -0.1) is 12.3 Å². The first-order chi connectivity index (χ1) is 5.90. The number of pyridine rings is 1. The molecule has 0 atom stereocenters. The van der Waals surface area contributed by atoms with Gasteiger partial charge in [-0.3, -0.25) is 0 Å². The van der Waals surface area contributed by atoms with Crippen molar-refractivity contribution in [2.45, 2.75) is 6.42 Å². The highest BCUT2D eigenvalue weighted by molar-refractivity contribution is 5.39. The van der Waals surface area contributed by atoms with Crippen LogP contribution in [-0.2, 0) is 6.42 Å². The molecule has 2 heterocycles. The van der Waals surface area contributed by atoms with Gasteiger partial charge < -0.3 is 4.40 Å². The van der Waals surface area contributed by atoms with Crippen molar-refractivity contribution in [1.82, 2.24) is 9.38 Å². The lowest BCUT2D eigenvalue weighted by Crippen LogP contribution is -1.77. The van der Waals surface area contributed by atoms with E-state index in [0.717, 1.165) is 11.3 Å². The Kier molecular flexibility index (Phi) is 1.56. The summed E-state index contributed by atoms with van der Waals surface area (Å²) in [6.07, 6.45) is 9.70. The van der Waals surface area contributed by atoms with Crippen LogP contribution in [-0.4, -0.2) is 9.38 Å². The first-order valence-corrected chi connectivity index (χ1v) is 3.76. The largest absolute Gasteiger partial charge is 0.307 e. The molecular weight excluding hydrogens is 148 g/mol. The fraction of sp³-hybridized carbons (Fsp3) is 0.100. The Labute approximate surface area is 70.9 Å². The molecule has 0 saturated heterocycles. The number of hydrogen-bond acceptors (Lipinski definition) is 1. The summed E-state index contributed by atoms with van der Waals surface area (Å²) in [5, 5.41) is 0. The minimum atomic E-state index is 0.599. The molecule has 0 saturated carbocycles. The second-order valence-corrected chi connectivity index (χ2v) is 2.58. The van der Waals surface area contributed by atoms with Crippen molar-refractivity contribution in [3.05, 3.63) is 36.3 Å². The fourth-order valence-corrected chi connectivity index (χ4v) is 1.18. The summed E-state index contributed by atoms with van der Waals surface area (Å²) in [5.74, 6) is 2.57. The number of nitrogens with zero attached hydrogens (tertiary/aromatic N) is 2. The van der Waals surface area contributed by atoms with Crippen molar-refractivity contribution >= 4 is 5.65 Å². The molecular formula is C10H8N2. The van der Waals surface area contributed by atoms with Gasteiger partial charge in [0.05, 0.1) is 12.1 Å². The van der Waals surface area contributed by atoms with Gasteiger partial charge in [0.25, 0.3) is 0 Å². The van der Waals surface area contributed by atoms with E-state index in [1.54, 1.807) is 0 Å². The standard InChI is InChI=1S/C10H8N2/c1-2-5-9-8-12-7-4-3-6-10(12)11-9/h1,3-4,6-8H,5H2. The Morgan fingerprint density at radius 3 is 3.17 bits per heavy atom. The van der Waals surface area contributed by atoms with Crippen LogP contribution in [0.2, 0.25) is 0 Å². The minimum absolute atomic E-state index is 0.599. The molecule has 0 aliphatic carbocycles. The van der Waals surface area contributed by atoms with Crippen LogP contribution < -0.4 is 0 Å². The van der Waals surface area contributed by atoms with Crippen LogP contribution in [0.3, 0.4) is 0 Å². The quantitative estimate of drug-likeness (QED) is 0.572. The zero-order valence-corrected chi connectivity index (χ0v) is 6.57. The first-order valence-electron chi connectivity index (χ1n) is 3.76. The molecule has 0 fully saturated rings. The predicted molar refractivity (Wildman–Crippen MR) is 47.7 cm³/mol. The van der Waals surface area contributed by atoms with Gasteiger partial charge in [-0.05, 0) is 12.1 Å². The molecule has 2 heteroatoms. The van der Waals surface area contributed by atoms with E-state index in [1.165, 1.54) is 0 Å². The van der Waals surface area contributed by atoms with Crippen LogP contribution in [0.15, 0.2) is 30.6 Å². The minimum Gasteiger partial charge on any atom is -0.307 e. The molecule has 0 unspecified atom stereocenters. The van der Waals surface area contributed by atoms with E-state index in [2.05, 4.69) is 10.9 Å². The zero-order chi connectivity index (χ0) is 8.39. The second-order valence-electron chi connectivity index (χ2n) is 2.58. The number of imidazole rings is 1. The highest BCUT2D eigenvalue weighted by Crippen LogP contribution is 2.03. The van der Waals surface area contributed by atoms with Crippen LogP contribution in [0, 0.1) is 12.3 Å². The summed E-state index contributed by atoms with van der Waals surface area (Å²) in [6, 6.07) is 5.89. The van der Waals surface area contributed by atoms with E-state index in [-0.39, 0.29) is 0 Å². The van der Waals surface area contributed by atoms with Gasteiger partial charge in [0, 0.05) is 12.4 Å². The molecule has 2 rings (SSSR count). The first kappa shape index (κ1) is 6.93. The van der Waals surface area contributed by atoms with Crippen molar-refractivity contribution in [1.29, 1.82) is 0 Å². The van der Waals surface area contributed by atoms with E-state index >= 15 is 0 Å². The van der Waals surface area contributed by atoms with E-state index in [1.807, 2.05) is 35.0 Å². The molecule has 0 aromatic carbocycles. The molecule has 12 heavy (non-hydrogen) atoms. The van der Waals surface area contributed by atoms with Crippen LogP contribution >= 0.6 is 0 Å². The lowest BCUT2D eigenvalue weighted by atomic mass is 10.3. The molecule has 0 amide bonds. The lowest BCUT2D eigenvalue weighted by molar-refractivity contribution is 1.17.